The van der Waals surface area contributed by atoms with Crippen LogP contribution in [0.2, 0.25) is 0 Å². The number of nitrogens with zero attached hydrogens (tertiary/aromatic N) is 4. The summed E-state index contributed by atoms with van der Waals surface area (Å²) in [5.74, 6) is 0.00499. The van der Waals surface area contributed by atoms with Crippen molar-refractivity contribution in [2.75, 3.05) is 0 Å². The molecule has 3 aromatic rings. The number of aromatic nitrogens is 4. The van der Waals surface area contributed by atoms with Crippen LogP contribution >= 0.6 is 0 Å². The van der Waals surface area contributed by atoms with E-state index in [9.17, 15) is 4.79 Å². The molecule has 0 aliphatic carbocycles. The summed E-state index contributed by atoms with van der Waals surface area (Å²) in [4.78, 5) is 16.5. The molecule has 1 aromatic carbocycles. The van der Waals surface area contributed by atoms with Crippen molar-refractivity contribution < 1.29 is 4.79 Å². The first-order valence-corrected chi connectivity index (χ1v) is 8.32. The van der Waals surface area contributed by atoms with Crippen LogP contribution in [0.15, 0.2) is 43.0 Å². The lowest BCUT2D eigenvalue weighted by Gasteiger charge is -2.15. The average Bonchev–Trinajstić information content (AvgIpc) is 3.20. The van der Waals surface area contributed by atoms with E-state index in [1.165, 1.54) is 0 Å². The molecule has 2 heterocycles. The van der Waals surface area contributed by atoms with E-state index in [4.69, 9.17) is 0 Å². The van der Waals surface area contributed by atoms with Crippen LogP contribution in [0.1, 0.15) is 35.5 Å². The maximum atomic E-state index is 12.4. The van der Waals surface area contributed by atoms with Crippen LogP contribution < -0.4 is 5.32 Å². The Bertz CT molecular complexity index is 862. The Hall–Kier alpha value is -2.89. The van der Waals surface area contributed by atoms with Crippen LogP contribution in [0.25, 0.3) is 5.69 Å². The van der Waals surface area contributed by atoms with Crippen molar-refractivity contribution in [2.45, 2.75) is 33.2 Å². The summed E-state index contributed by atoms with van der Waals surface area (Å²) in [7, 11) is 1.90. The van der Waals surface area contributed by atoms with Gasteiger partial charge in [0.15, 0.2) is 0 Å². The number of imidazole rings is 1. The van der Waals surface area contributed by atoms with Gasteiger partial charge < -0.3 is 9.88 Å². The quantitative estimate of drug-likeness (QED) is 0.778. The molecule has 0 radical (unpaired) electrons. The molecule has 1 amide bonds. The first-order chi connectivity index (χ1) is 12.0. The minimum atomic E-state index is -0.0541. The van der Waals surface area contributed by atoms with E-state index in [0.29, 0.717) is 6.42 Å². The highest BCUT2D eigenvalue weighted by Gasteiger charge is 2.15. The molecule has 2 aromatic heterocycles. The lowest BCUT2D eigenvalue weighted by Crippen LogP contribution is -2.28. The third-order valence-electron chi connectivity index (χ3n) is 4.57. The number of aryl methyl sites for hydroxylation is 2. The standard InChI is InChI=1S/C19H23N5O/c1-13(16-5-7-17(8-6-16)24-10-9-20-12-24)21-19(25)11-18-14(2)22-23(4)15(18)3/h5-10,12-13H,11H2,1-4H3,(H,21,25)/t13-/m0/s1. The minimum Gasteiger partial charge on any atom is -0.349 e. The number of hydrogen-bond acceptors (Lipinski definition) is 3. The fourth-order valence-electron chi connectivity index (χ4n) is 2.96. The first kappa shape index (κ1) is 17.0. The highest BCUT2D eigenvalue weighted by Crippen LogP contribution is 2.17. The van der Waals surface area contributed by atoms with Gasteiger partial charge in [-0.2, -0.15) is 5.10 Å². The van der Waals surface area contributed by atoms with Crippen molar-refractivity contribution >= 4 is 5.91 Å². The van der Waals surface area contributed by atoms with Crippen molar-refractivity contribution in [3.8, 4) is 5.69 Å². The molecule has 0 aliphatic rings. The van der Waals surface area contributed by atoms with E-state index >= 15 is 0 Å². The first-order valence-electron chi connectivity index (χ1n) is 8.32. The van der Waals surface area contributed by atoms with E-state index in [-0.39, 0.29) is 11.9 Å². The van der Waals surface area contributed by atoms with Crippen molar-refractivity contribution in [1.29, 1.82) is 0 Å². The fraction of sp³-hybridized carbons (Fsp3) is 0.316. The summed E-state index contributed by atoms with van der Waals surface area (Å²) < 4.78 is 3.76. The second-order valence-corrected chi connectivity index (χ2v) is 6.30. The minimum absolute atomic E-state index is 0.00499. The van der Waals surface area contributed by atoms with Crippen LogP contribution in [0, 0.1) is 13.8 Å². The van der Waals surface area contributed by atoms with Gasteiger partial charge in [0.05, 0.1) is 24.5 Å². The summed E-state index contributed by atoms with van der Waals surface area (Å²) in [5.41, 5.74) is 5.05. The molecule has 0 fully saturated rings. The maximum absolute atomic E-state index is 12.4. The zero-order valence-corrected chi connectivity index (χ0v) is 15.0. The summed E-state index contributed by atoms with van der Waals surface area (Å²) in [5, 5.41) is 7.43. The molecule has 0 saturated carbocycles. The second kappa shape index (κ2) is 6.93. The number of carbonyl (C=O) groups excluding carboxylic acids is 1. The topological polar surface area (TPSA) is 64.7 Å². The summed E-state index contributed by atoms with van der Waals surface area (Å²) in [6, 6.07) is 8.05. The van der Waals surface area contributed by atoms with Crippen molar-refractivity contribution in [2.24, 2.45) is 7.05 Å². The third kappa shape index (κ3) is 3.63. The highest BCUT2D eigenvalue weighted by atomic mass is 16.1. The fourth-order valence-corrected chi connectivity index (χ4v) is 2.96. The predicted octanol–water partition coefficient (Wildman–Crippen LogP) is 2.64. The Morgan fingerprint density at radius 2 is 1.96 bits per heavy atom. The number of nitrogens with one attached hydrogen (secondary N) is 1. The largest absolute Gasteiger partial charge is 0.349 e. The molecule has 6 heteroatoms. The monoisotopic (exact) mass is 337 g/mol. The van der Waals surface area contributed by atoms with Gasteiger partial charge in [0, 0.05) is 36.4 Å². The summed E-state index contributed by atoms with van der Waals surface area (Å²) in [6.45, 7) is 5.92. The molecule has 1 atom stereocenters. The lowest BCUT2D eigenvalue weighted by molar-refractivity contribution is -0.121. The lowest BCUT2D eigenvalue weighted by atomic mass is 10.1. The van der Waals surface area contributed by atoms with Crippen molar-refractivity contribution in [1.82, 2.24) is 24.6 Å². The van der Waals surface area contributed by atoms with Gasteiger partial charge in [-0.1, -0.05) is 12.1 Å². The maximum Gasteiger partial charge on any atom is 0.225 e. The third-order valence-corrected chi connectivity index (χ3v) is 4.57. The molecule has 0 aliphatic heterocycles. The summed E-state index contributed by atoms with van der Waals surface area (Å²) in [6.07, 6.45) is 5.76. The molecule has 25 heavy (non-hydrogen) atoms. The van der Waals surface area contributed by atoms with Crippen LogP contribution in [-0.4, -0.2) is 25.2 Å². The normalized spacial score (nSPS) is 12.2. The molecule has 0 saturated heterocycles. The average molecular weight is 337 g/mol. The van der Waals surface area contributed by atoms with E-state index in [1.54, 1.807) is 12.5 Å². The summed E-state index contributed by atoms with van der Waals surface area (Å²) >= 11 is 0. The molecule has 6 nitrogen and oxygen atoms in total. The van der Waals surface area contributed by atoms with Crippen LogP contribution in [0.3, 0.4) is 0 Å². The number of carbonyl (C=O) groups is 1. The Balaban J connectivity index is 1.65. The molecule has 1 N–H and O–H groups in total. The van der Waals surface area contributed by atoms with E-state index in [1.807, 2.05) is 67.5 Å². The number of benzene rings is 1. The SMILES string of the molecule is Cc1nn(C)c(C)c1CC(=O)N[C@@H](C)c1ccc(-n2ccnc2)cc1. The Kier molecular flexibility index (Phi) is 4.70. The van der Waals surface area contributed by atoms with Crippen LogP contribution in [-0.2, 0) is 18.3 Å². The highest BCUT2D eigenvalue weighted by molar-refractivity contribution is 5.79. The van der Waals surface area contributed by atoms with Gasteiger partial charge in [-0.15, -0.1) is 0 Å². The number of amides is 1. The van der Waals surface area contributed by atoms with Gasteiger partial charge in [-0.3, -0.25) is 9.48 Å². The smallest absolute Gasteiger partial charge is 0.225 e. The number of hydrogen-bond donors (Lipinski definition) is 1. The van der Waals surface area contributed by atoms with Gasteiger partial charge in [0.25, 0.3) is 0 Å². The predicted molar refractivity (Wildman–Crippen MR) is 96.5 cm³/mol. The molecule has 0 bridgehead atoms. The molecular formula is C19H23N5O. The van der Waals surface area contributed by atoms with Gasteiger partial charge in [-0.25, -0.2) is 4.98 Å². The Labute approximate surface area is 147 Å². The number of rotatable bonds is 5. The van der Waals surface area contributed by atoms with Crippen molar-refractivity contribution in [3.63, 3.8) is 0 Å². The molecule has 0 unspecified atom stereocenters. The van der Waals surface area contributed by atoms with Gasteiger partial charge in [0.1, 0.15) is 0 Å². The zero-order valence-electron chi connectivity index (χ0n) is 15.0. The van der Waals surface area contributed by atoms with Crippen LogP contribution in [0.4, 0.5) is 0 Å². The Morgan fingerprint density at radius 3 is 2.52 bits per heavy atom. The molecule has 3 rings (SSSR count). The Morgan fingerprint density at radius 1 is 1.24 bits per heavy atom. The van der Waals surface area contributed by atoms with Gasteiger partial charge >= 0.3 is 0 Å². The van der Waals surface area contributed by atoms with E-state index in [2.05, 4.69) is 15.4 Å². The zero-order chi connectivity index (χ0) is 18.0. The van der Waals surface area contributed by atoms with E-state index < -0.39 is 0 Å². The van der Waals surface area contributed by atoms with Gasteiger partial charge in [0.2, 0.25) is 5.91 Å². The van der Waals surface area contributed by atoms with E-state index in [0.717, 1.165) is 28.2 Å². The van der Waals surface area contributed by atoms with Gasteiger partial charge in [-0.05, 0) is 38.5 Å². The molecule has 0 spiro atoms. The molecule has 130 valence electrons. The van der Waals surface area contributed by atoms with Crippen LogP contribution in [0.5, 0.6) is 0 Å². The van der Waals surface area contributed by atoms with Crippen molar-refractivity contribution in [3.05, 3.63) is 65.5 Å². The second-order valence-electron chi connectivity index (χ2n) is 6.30. The molecular weight excluding hydrogens is 314 g/mol.